The fraction of sp³-hybridized carbons (Fsp3) is 0.174. The molecular formula is C23H20F2N2O2S2. The number of hydrogen-bond donors (Lipinski definition) is 1. The molecule has 4 nitrogen and oxygen atoms in total. The lowest BCUT2D eigenvalue weighted by Crippen LogP contribution is -2.42. The summed E-state index contributed by atoms with van der Waals surface area (Å²) in [6, 6.07) is 21.2. The highest BCUT2D eigenvalue weighted by Crippen LogP contribution is 2.29. The van der Waals surface area contributed by atoms with Crippen LogP contribution in [0.15, 0.2) is 77.7 Å². The van der Waals surface area contributed by atoms with Gasteiger partial charge < -0.3 is 5.32 Å². The molecule has 3 aromatic carbocycles. The maximum atomic E-state index is 13.8. The van der Waals surface area contributed by atoms with E-state index in [9.17, 15) is 17.8 Å². The van der Waals surface area contributed by atoms with Crippen LogP contribution in [0.5, 0.6) is 0 Å². The molecule has 0 aromatic heterocycles. The number of carbonyl (C=O) groups excluding carboxylic acids is 1. The summed E-state index contributed by atoms with van der Waals surface area (Å²) in [5, 5.41) is 1.97. The zero-order chi connectivity index (χ0) is 21.8. The van der Waals surface area contributed by atoms with Crippen molar-refractivity contribution in [2.75, 3.05) is 12.3 Å². The number of carbonyl (C=O) groups is 1. The van der Waals surface area contributed by atoms with Crippen molar-refractivity contribution in [2.45, 2.75) is 16.8 Å². The smallest absolute Gasteiger partial charge is 0.248 e. The molecule has 0 spiro atoms. The highest BCUT2D eigenvalue weighted by molar-refractivity contribution is 8.01. The normalized spacial score (nSPS) is 17.4. The molecule has 160 valence electrons. The Hall–Kier alpha value is -2.55. The Labute approximate surface area is 186 Å². The average Bonchev–Trinajstić information content (AvgIpc) is 3.30. The monoisotopic (exact) mass is 458 g/mol. The second-order valence-electron chi connectivity index (χ2n) is 6.93. The van der Waals surface area contributed by atoms with Gasteiger partial charge in [-0.25, -0.2) is 13.0 Å². The Morgan fingerprint density at radius 2 is 1.71 bits per heavy atom. The van der Waals surface area contributed by atoms with Crippen LogP contribution >= 0.6 is 11.8 Å². The van der Waals surface area contributed by atoms with Crippen molar-refractivity contribution in [1.82, 2.24) is 9.62 Å². The molecule has 3 aromatic rings. The van der Waals surface area contributed by atoms with Gasteiger partial charge in [0.1, 0.15) is 16.4 Å². The second kappa shape index (κ2) is 9.72. The van der Waals surface area contributed by atoms with E-state index in [-0.39, 0.29) is 18.0 Å². The Bertz CT molecular complexity index is 1090. The standard InChI is InChI=1S/C23H20F2N2O2S2/c24-20-8-4-7-18(21(20)25)15-26-22(28)23-27(13-14-30-23)31(29)19-11-9-17(10-12-19)16-5-2-1-3-6-16/h1-12,23H,13-15H2,(H,26,28). The molecule has 31 heavy (non-hydrogen) atoms. The van der Waals surface area contributed by atoms with Gasteiger partial charge in [-0.2, -0.15) is 4.31 Å². The van der Waals surface area contributed by atoms with Crippen molar-refractivity contribution >= 4 is 28.7 Å². The summed E-state index contributed by atoms with van der Waals surface area (Å²) < 4.78 is 41.9. The topological polar surface area (TPSA) is 49.4 Å². The highest BCUT2D eigenvalue weighted by Gasteiger charge is 2.35. The Morgan fingerprint density at radius 1 is 1.00 bits per heavy atom. The van der Waals surface area contributed by atoms with Gasteiger partial charge in [-0.15, -0.1) is 11.8 Å². The first-order valence-electron chi connectivity index (χ1n) is 9.71. The summed E-state index contributed by atoms with van der Waals surface area (Å²) in [6.45, 7) is 0.357. The van der Waals surface area contributed by atoms with Crippen molar-refractivity contribution in [3.8, 4) is 11.1 Å². The van der Waals surface area contributed by atoms with E-state index in [0.717, 1.165) is 17.2 Å². The Morgan fingerprint density at radius 3 is 2.45 bits per heavy atom. The van der Waals surface area contributed by atoms with Gasteiger partial charge in [0.25, 0.3) is 0 Å². The molecule has 0 aliphatic carbocycles. The summed E-state index contributed by atoms with van der Waals surface area (Å²) in [5.41, 5.74) is 2.16. The van der Waals surface area contributed by atoms with E-state index in [1.165, 1.54) is 23.9 Å². The largest absolute Gasteiger partial charge is 0.350 e. The van der Waals surface area contributed by atoms with E-state index < -0.39 is 28.0 Å². The number of nitrogens with one attached hydrogen (secondary N) is 1. The van der Waals surface area contributed by atoms with Gasteiger partial charge in [0, 0.05) is 24.4 Å². The molecule has 1 fully saturated rings. The van der Waals surface area contributed by atoms with E-state index in [1.54, 1.807) is 16.4 Å². The quantitative estimate of drug-likeness (QED) is 0.598. The van der Waals surface area contributed by atoms with Gasteiger partial charge in [0.05, 0.1) is 4.90 Å². The maximum absolute atomic E-state index is 13.8. The van der Waals surface area contributed by atoms with Gasteiger partial charge in [0.2, 0.25) is 5.91 Å². The molecule has 2 atom stereocenters. The molecule has 4 rings (SSSR count). The summed E-state index contributed by atoms with van der Waals surface area (Å²) in [4.78, 5) is 13.3. The minimum absolute atomic E-state index is 0.0699. The number of rotatable bonds is 6. The molecule has 1 aliphatic rings. The first-order valence-corrected chi connectivity index (χ1v) is 11.9. The van der Waals surface area contributed by atoms with Crippen LogP contribution in [-0.4, -0.2) is 32.1 Å². The number of amides is 1. The molecule has 1 heterocycles. The zero-order valence-electron chi connectivity index (χ0n) is 16.5. The fourth-order valence-corrected chi connectivity index (χ4v) is 6.05. The summed E-state index contributed by atoms with van der Waals surface area (Å²) in [5.74, 6) is -1.65. The van der Waals surface area contributed by atoms with E-state index in [1.807, 2.05) is 42.5 Å². The zero-order valence-corrected chi connectivity index (χ0v) is 18.1. The number of halogens is 2. The summed E-state index contributed by atoms with van der Waals surface area (Å²) >= 11 is 1.38. The molecule has 1 aliphatic heterocycles. The van der Waals surface area contributed by atoms with Gasteiger partial charge in [-0.3, -0.25) is 4.79 Å². The number of nitrogens with zero attached hydrogens (tertiary/aromatic N) is 1. The van der Waals surface area contributed by atoms with Crippen molar-refractivity contribution < 1.29 is 17.8 Å². The number of benzene rings is 3. The predicted molar refractivity (Wildman–Crippen MR) is 119 cm³/mol. The van der Waals surface area contributed by atoms with Gasteiger partial charge in [0.15, 0.2) is 11.6 Å². The Balaban J connectivity index is 1.43. The van der Waals surface area contributed by atoms with Crippen molar-refractivity contribution in [1.29, 1.82) is 0 Å². The predicted octanol–water partition coefficient (Wildman–Crippen LogP) is 4.35. The van der Waals surface area contributed by atoms with Crippen molar-refractivity contribution in [2.24, 2.45) is 0 Å². The van der Waals surface area contributed by atoms with Crippen molar-refractivity contribution in [3.63, 3.8) is 0 Å². The minimum Gasteiger partial charge on any atom is -0.350 e. The number of thioether (sulfide) groups is 1. The summed E-state index contributed by atoms with van der Waals surface area (Å²) in [6.07, 6.45) is 0. The lowest BCUT2D eigenvalue weighted by atomic mass is 10.1. The molecule has 0 saturated carbocycles. The molecule has 0 bridgehead atoms. The third kappa shape index (κ3) is 4.87. The molecule has 0 radical (unpaired) electrons. The van der Waals surface area contributed by atoms with Gasteiger partial charge in [-0.05, 0) is 29.3 Å². The number of hydrogen-bond acceptors (Lipinski definition) is 3. The van der Waals surface area contributed by atoms with Crippen LogP contribution in [-0.2, 0) is 22.3 Å². The third-order valence-electron chi connectivity index (χ3n) is 4.93. The van der Waals surface area contributed by atoms with E-state index in [0.29, 0.717) is 17.2 Å². The van der Waals surface area contributed by atoms with Crippen LogP contribution in [0, 0.1) is 11.6 Å². The van der Waals surface area contributed by atoms with E-state index >= 15 is 0 Å². The maximum Gasteiger partial charge on any atom is 0.248 e. The first-order chi connectivity index (χ1) is 15.0. The minimum atomic E-state index is -1.51. The van der Waals surface area contributed by atoms with Crippen LogP contribution in [0.25, 0.3) is 11.1 Å². The van der Waals surface area contributed by atoms with Crippen molar-refractivity contribution in [3.05, 3.63) is 90.0 Å². The summed E-state index contributed by atoms with van der Waals surface area (Å²) in [7, 11) is -1.51. The lowest BCUT2D eigenvalue weighted by Gasteiger charge is -2.22. The molecule has 1 amide bonds. The average molecular weight is 459 g/mol. The molecular weight excluding hydrogens is 438 g/mol. The van der Waals surface area contributed by atoms with Crippen LogP contribution < -0.4 is 5.32 Å². The molecule has 1 N–H and O–H groups in total. The van der Waals surface area contributed by atoms with Gasteiger partial charge >= 0.3 is 0 Å². The lowest BCUT2D eigenvalue weighted by molar-refractivity contribution is -0.122. The van der Waals surface area contributed by atoms with Crippen LogP contribution in [0.1, 0.15) is 5.56 Å². The second-order valence-corrected chi connectivity index (χ2v) is 9.56. The molecule has 8 heteroatoms. The first kappa shape index (κ1) is 21.7. The fourth-order valence-electron chi connectivity index (χ4n) is 3.32. The SMILES string of the molecule is O=C(NCc1cccc(F)c1F)C1SCCN1S(=O)c1ccc(-c2ccccc2)cc1. The van der Waals surface area contributed by atoms with Gasteiger partial charge in [-0.1, -0.05) is 54.6 Å². The molecule has 1 saturated heterocycles. The van der Waals surface area contributed by atoms with E-state index in [4.69, 9.17) is 0 Å². The van der Waals surface area contributed by atoms with Crippen LogP contribution in [0.2, 0.25) is 0 Å². The Kier molecular flexibility index (Phi) is 6.80. The third-order valence-corrected chi connectivity index (χ3v) is 7.76. The molecule has 2 unspecified atom stereocenters. The van der Waals surface area contributed by atoms with Crippen LogP contribution in [0.3, 0.4) is 0 Å². The van der Waals surface area contributed by atoms with Crippen LogP contribution in [0.4, 0.5) is 8.78 Å². The van der Waals surface area contributed by atoms with E-state index in [2.05, 4.69) is 5.32 Å². The highest BCUT2D eigenvalue weighted by atomic mass is 32.2.